The zero-order chi connectivity index (χ0) is 26.5. The number of aromatic nitrogens is 3. The molecule has 0 spiro atoms. The van der Waals surface area contributed by atoms with Gasteiger partial charge < -0.3 is 15.2 Å². The summed E-state index contributed by atoms with van der Waals surface area (Å²) in [5, 5.41) is 7.56. The molecule has 1 aromatic carbocycles. The van der Waals surface area contributed by atoms with Crippen molar-refractivity contribution in [3.63, 3.8) is 0 Å². The van der Waals surface area contributed by atoms with Gasteiger partial charge in [0.15, 0.2) is 5.82 Å². The molecule has 0 saturated heterocycles. The average molecular weight is 504 g/mol. The van der Waals surface area contributed by atoms with Crippen molar-refractivity contribution in [3.8, 4) is 0 Å². The molecule has 0 aliphatic heterocycles. The van der Waals surface area contributed by atoms with Crippen LogP contribution < -0.4 is 10.6 Å². The molecule has 1 aliphatic rings. The highest BCUT2D eigenvalue weighted by Gasteiger charge is 2.28. The van der Waals surface area contributed by atoms with E-state index >= 15 is 0 Å². The second-order valence-corrected chi connectivity index (χ2v) is 13.1. The van der Waals surface area contributed by atoms with Gasteiger partial charge in [0.2, 0.25) is 0 Å². The van der Waals surface area contributed by atoms with Gasteiger partial charge in [0, 0.05) is 31.1 Å². The lowest BCUT2D eigenvalue weighted by atomic mass is 9.82. The van der Waals surface area contributed by atoms with Gasteiger partial charge in [-0.05, 0) is 56.4 Å². The van der Waals surface area contributed by atoms with Crippen LogP contribution in [0.4, 0.5) is 11.6 Å². The van der Waals surface area contributed by atoms with Crippen LogP contribution in [-0.2, 0) is 13.0 Å². The third-order valence-electron chi connectivity index (χ3n) is 7.48. The van der Waals surface area contributed by atoms with E-state index in [4.69, 9.17) is 9.97 Å². The van der Waals surface area contributed by atoms with Gasteiger partial charge in [0.05, 0.1) is 5.52 Å². The van der Waals surface area contributed by atoms with Crippen LogP contribution in [0.3, 0.4) is 0 Å². The number of fused-ring (bicyclic) bond motifs is 1. The van der Waals surface area contributed by atoms with E-state index in [0.29, 0.717) is 0 Å². The second kappa shape index (κ2) is 11.9. The fourth-order valence-corrected chi connectivity index (χ4v) is 6.15. The summed E-state index contributed by atoms with van der Waals surface area (Å²) >= 11 is 0. The first kappa shape index (κ1) is 27.5. The van der Waals surface area contributed by atoms with Crippen LogP contribution in [0, 0.1) is 11.3 Å². The third kappa shape index (κ3) is 7.72. The molecule has 1 aliphatic carbocycles. The summed E-state index contributed by atoms with van der Waals surface area (Å²) in [6, 6.07) is 13.0. The van der Waals surface area contributed by atoms with Crippen molar-refractivity contribution >= 4 is 22.7 Å². The van der Waals surface area contributed by atoms with Gasteiger partial charge in [-0.25, -0.2) is 9.97 Å². The van der Waals surface area contributed by atoms with Gasteiger partial charge in [-0.3, -0.25) is 0 Å². The molecule has 5 nitrogen and oxygen atoms in total. The predicted molar refractivity (Wildman–Crippen MR) is 159 cm³/mol. The first-order valence-corrected chi connectivity index (χ1v) is 14.6. The van der Waals surface area contributed by atoms with E-state index in [2.05, 4.69) is 93.1 Å². The van der Waals surface area contributed by atoms with Gasteiger partial charge in [-0.1, -0.05) is 83.7 Å². The normalized spacial score (nSPS) is 15.3. The van der Waals surface area contributed by atoms with Crippen molar-refractivity contribution in [2.75, 3.05) is 17.2 Å². The SMILES string of the molecule is CCCCc1nc2c(NC(C)(C)CC(C)(C)C)nc(NCC3CCCCC3)cc2n1Cc1ccccc1. The number of rotatable bonds is 11. The van der Waals surface area contributed by atoms with Crippen LogP contribution >= 0.6 is 0 Å². The molecule has 3 aromatic rings. The second-order valence-electron chi connectivity index (χ2n) is 13.1. The molecule has 2 N–H and O–H groups in total. The Morgan fingerprint density at radius 3 is 2.38 bits per heavy atom. The summed E-state index contributed by atoms with van der Waals surface area (Å²) in [7, 11) is 0. The van der Waals surface area contributed by atoms with Crippen LogP contribution in [0.1, 0.15) is 104 Å². The van der Waals surface area contributed by atoms with E-state index in [9.17, 15) is 0 Å². The topological polar surface area (TPSA) is 54.8 Å². The van der Waals surface area contributed by atoms with E-state index in [1.807, 2.05) is 0 Å². The van der Waals surface area contributed by atoms with E-state index in [-0.39, 0.29) is 11.0 Å². The minimum atomic E-state index is -0.104. The number of hydrogen-bond donors (Lipinski definition) is 2. The summed E-state index contributed by atoms with van der Waals surface area (Å²) in [6.07, 6.45) is 11.1. The number of benzene rings is 1. The molecule has 202 valence electrons. The zero-order valence-electron chi connectivity index (χ0n) is 24.2. The van der Waals surface area contributed by atoms with Crippen LogP contribution in [0.2, 0.25) is 0 Å². The highest BCUT2D eigenvalue weighted by Crippen LogP contribution is 2.34. The summed E-state index contributed by atoms with van der Waals surface area (Å²) in [4.78, 5) is 10.4. The van der Waals surface area contributed by atoms with Crippen molar-refractivity contribution in [2.24, 2.45) is 11.3 Å². The predicted octanol–water partition coefficient (Wildman–Crippen LogP) is 8.44. The molecule has 0 bridgehead atoms. The van der Waals surface area contributed by atoms with Crippen molar-refractivity contribution in [3.05, 3.63) is 47.8 Å². The van der Waals surface area contributed by atoms with E-state index < -0.39 is 0 Å². The highest BCUT2D eigenvalue weighted by molar-refractivity contribution is 5.89. The molecule has 0 amide bonds. The van der Waals surface area contributed by atoms with Crippen molar-refractivity contribution in [1.29, 1.82) is 0 Å². The molecule has 2 heterocycles. The van der Waals surface area contributed by atoms with Crippen LogP contribution in [0.5, 0.6) is 0 Å². The minimum Gasteiger partial charge on any atom is -0.370 e. The molecule has 0 atom stereocenters. The summed E-state index contributed by atoms with van der Waals surface area (Å²) in [5.74, 6) is 3.77. The number of imidazole rings is 1. The Bertz CT molecular complexity index is 1130. The number of nitrogens with one attached hydrogen (secondary N) is 2. The van der Waals surface area contributed by atoms with Crippen molar-refractivity contribution in [1.82, 2.24) is 14.5 Å². The fourth-order valence-electron chi connectivity index (χ4n) is 6.15. The molecule has 0 radical (unpaired) electrons. The molecule has 37 heavy (non-hydrogen) atoms. The minimum absolute atomic E-state index is 0.104. The van der Waals surface area contributed by atoms with E-state index in [1.54, 1.807) is 0 Å². The maximum atomic E-state index is 5.23. The van der Waals surface area contributed by atoms with Gasteiger partial charge in [0.25, 0.3) is 0 Å². The van der Waals surface area contributed by atoms with Crippen LogP contribution in [0.25, 0.3) is 11.0 Å². The highest BCUT2D eigenvalue weighted by atomic mass is 15.2. The van der Waals surface area contributed by atoms with Gasteiger partial charge in [-0.2, -0.15) is 0 Å². The summed E-state index contributed by atoms with van der Waals surface area (Å²) < 4.78 is 2.43. The monoisotopic (exact) mass is 503 g/mol. The first-order valence-electron chi connectivity index (χ1n) is 14.6. The average Bonchev–Trinajstić information content (AvgIpc) is 3.18. The largest absolute Gasteiger partial charge is 0.370 e. The van der Waals surface area contributed by atoms with E-state index in [0.717, 1.165) is 67.7 Å². The number of hydrogen-bond acceptors (Lipinski definition) is 4. The molecule has 5 heteroatoms. The number of pyridine rings is 1. The number of nitrogens with zero attached hydrogens (tertiary/aromatic N) is 3. The first-order chi connectivity index (χ1) is 17.6. The summed E-state index contributed by atoms with van der Waals surface area (Å²) in [6.45, 7) is 15.6. The lowest BCUT2D eigenvalue weighted by molar-refractivity contribution is 0.302. The van der Waals surface area contributed by atoms with Gasteiger partial charge in [-0.15, -0.1) is 0 Å². The van der Waals surface area contributed by atoms with Crippen molar-refractivity contribution < 1.29 is 0 Å². The lowest BCUT2D eigenvalue weighted by Gasteiger charge is -2.34. The Morgan fingerprint density at radius 2 is 1.70 bits per heavy atom. The number of aryl methyl sites for hydroxylation is 1. The fraction of sp³-hybridized carbons (Fsp3) is 0.625. The standard InChI is InChI=1S/C32H49N5/c1-7-8-19-28-35-29-26(37(28)22-25-17-13-10-14-18-25)20-27(33-21-24-15-11-9-12-16-24)34-30(29)36-32(5,6)23-31(2,3)4/h10,13-14,17-18,20,24H,7-9,11-12,15-16,19,21-23H2,1-6H3,(H2,33,34,36). The van der Waals surface area contributed by atoms with Crippen molar-refractivity contribution in [2.45, 2.75) is 111 Å². The maximum Gasteiger partial charge on any atom is 0.157 e. The molecular weight excluding hydrogens is 454 g/mol. The Labute approximate surface area is 224 Å². The quantitative estimate of drug-likeness (QED) is 0.276. The molecule has 2 aromatic heterocycles. The zero-order valence-corrected chi connectivity index (χ0v) is 24.2. The Morgan fingerprint density at radius 1 is 0.973 bits per heavy atom. The maximum absolute atomic E-state index is 5.23. The number of anilines is 2. The molecular formula is C32H49N5. The Kier molecular flexibility index (Phi) is 8.82. The Hall–Kier alpha value is -2.56. The third-order valence-corrected chi connectivity index (χ3v) is 7.48. The Balaban J connectivity index is 1.75. The molecule has 4 rings (SSSR count). The smallest absolute Gasteiger partial charge is 0.157 e. The lowest BCUT2D eigenvalue weighted by Crippen LogP contribution is -2.36. The molecule has 1 saturated carbocycles. The van der Waals surface area contributed by atoms with Crippen LogP contribution in [-0.4, -0.2) is 26.6 Å². The molecule has 0 unspecified atom stereocenters. The van der Waals surface area contributed by atoms with Crippen LogP contribution in [0.15, 0.2) is 36.4 Å². The summed E-state index contributed by atoms with van der Waals surface area (Å²) in [5.41, 5.74) is 3.58. The van der Waals surface area contributed by atoms with Gasteiger partial charge in [0.1, 0.15) is 17.2 Å². The molecule has 1 fully saturated rings. The van der Waals surface area contributed by atoms with E-state index in [1.165, 1.54) is 43.2 Å². The number of unbranched alkanes of at least 4 members (excludes halogenated alkanes) is 1. The van der Waals surface area contributed by atoms with Gasteiger partial charge >= 0.3 is 0 Å².